The third-order valence-corrected chi connectivity index (χ3v) is 1.00. The number of aliphatic imine (C=N–C) groups is 2. The Bertz CT molecular complexity index is 161. The van der Waals surface area contributed by atoms with Gasteiger partial charge in [0.1, 0.15) is 7.85 Å². The summed E-state index contributed by atoms with van der Waals surface area (Å²) in [5.41, 5.74) is -0.573. The van der Waals surface area contributed by atoms with Gasteiger partial charge in [0.2, 0.25) is 0 Å². The Kier molecular flexibility index (Phi) is 1.51. The molecule has 0 N–H and O–H groups in total. The smallest absolute Gasteiger partial charge is 0.112 e. The summed E-state index contributed by atoms with van der Waals surface area (Å²) >= 11 is 0. The topological polar surface area (TPSA) is 24.7 Å². The molecular weight excluding hydrogens is 111 g/mol. The number of hydrogen-bond acceptors (Lipinski definition) is 2. The van der Waals surface area contributed by atoms with E-state index in [-0.39, 0.29) is 0 Å². The van der Waals surface area contributed by atoms with Crippen LogP contribution in [0.1, 0.15) is 6.92 Å². The molecule has 3 heteroatoms. The molecule has 9 heavy (non-hydrogen) atoms. The van der Waals surface area contributed by atoms with E-state index in [1.54, 1.807) is 24.7 Å². The van der Waals surface area contributed by atoms with Crippen molar-refractivity contribution in [3.63, 3.8) is 0 Å². The van der Waals surface area contributed by atoms with Crippen molar-refractivity contribution in [3.8, 4) is 0 Å². The predicted octanol–water partition coefficient (Wildman–Crippen LogP) is 0.540. The van der Waals surface area contributed by atoms with Crippen LogP contribution in [-0.4, -0.2) is 25.7 Å². The fraction of sp³-hybridized carbons (Fsp3) is 0.333. The molecule has 2 radical (unpaired) electrons. The lowest BCUT2D eigenvalue weighted by Gasteiger charge is -2.11. The maximum atomic E-state index is 5.61. The van der Waals surface area contributed by atoms with Crippen molar-refractivity contribution in [2.24, 2.45) is 9.98 Å². The van der Waals surface area contributed by atoms with Crippen molar-refractivity contribution in [3.05, 3.63) is 12.3 Å². The average Bonchev–Trinajstić information content (AvgIpc) is 1.92. The van der Waals surface area contributed by atoms with Crippen LogP contribution >= 0.6 is 0 Å². The average molecular weight is 118 g/mol. The summed E-state index contributed by atoms with van der Waals surface area (Å²) < 4.78 is 0. The molecule has 0 amide bonds. The van der Waals surface area contributed by atoms with Crippen LogP contribution in [0, 0.1) is 0 Å². The standard InChI is InChI=1S/C6H7BN2/c1-6(7)2-3-8-4-5-9-6/h2-5H,1H3. The first kappa shape index (κ1) is 6.27. The molecule has 1 atom stereocenters. The Morgan fingerprint density at radius 2 is 2.22 bits per heavy atom. The summed E-state index contributed by atoms with van der Waals surface area (Å²) in [4.78, 5) is 7.80. The quantitative estimate of drug-likeness (QED) is 0.414. The van der Waals surface area contributed by atoms with Crippen molar-refractivity contribution >= 4 is 20.3 Å². The zero-order valence-corrected chi connectivity index (χ0v) is 5.28. The van der Waals surface area contributed by atoms with Crippen LogP contribution in [0.5, 0.6) is 0 Å². The van der Waals surface area contributed by atoms with Crippen molar-refractivity contribution in [1.82, 2.24) is 0 Å². The second-order valence-electron chi connectivity index (χ2n) is 2.12. The molecule has 0 aromatic rings. The van der Waals surface area contributed by atoms with Gasteiger partial charge in [-0.25, -0.2) is 0 Å². The fourth-order valence-electron chi connectivity index (χ4n) is 0.519. The zero-order chi connectivity index (χ0) is 6.74. The molecule has 1 aliphatic heterocycles. The molecule has 1 heterocycles. The van der Waals surface area contributed by atoms with Gasteiger partial charge in [-0.1, -0.05) is 0 Å². The molecule has 2 nitrogen and oxygen atoms in total. The summed E-state index contributed by atoms with van der Waals surface area (Å²) in [5.74, 6) is 0. The molecule has 1 unspecified atom stereocenters. The second-order valence-corrected chi connectivity index (χ2v) is 2.12. The van der Waals surface area contributed by atoms with E-state index in [0.717, 1.165) is 0 Å². The number of nitrogens with zero attached hydrogens (tertiary/aromatic N) is 2. The van der Waals surface area contributed by atoms with Gasteiger partial charge in [-0.2, -0.15) is 0 Å². The normalized spacial score (nSPS) is 32.6. The highest BCUT2D eigenvalue weighted by Gasteiger charge is 2.08. The van der Waals surface area contributed by atoms with E-state index in [1.807, 2.05) is 6.92 Å². The predicted molar refractivity (Wildman–Crippen MR) is 40.3 cm³/mol. The van der Waals surface area contributed by atoms with E-state index >= 15 is 0 Å². The summed E-state index contributed by atoms with van der Waals surface area (Å²) in [6.07, 6.45) is 6.59. The SMILES string of the molecule is [B]C1(C)C=CN=CC=N1. The van der Waals surface area contributed by atoms with Crippen LogP contribution in [0.3, 0.4) is 0 Å². The first-order chi connectivity index (χ1) is 4.21. The first-order valence-corrected chi connectivity index (χ1v) is 2.74. The zero-order valence-electron chi connectivity index (χ0n) is 5.28. The minimum Gasteiger partial charge on any atom is -0.291 e. The number of rotatable bonds is 0. The fourth-order valence-corrected chi connectivity index (χ4v) is 0.519. The minimum absolute atomic E-state index is 0.573. The van der Waals surface area contributed by atoms with Crippen LogP contribution in [0.25, 0.3) is 0 Å². The van der Waals surface area contributed by atoms with Crippen molar-refractivity contribution in [2.75, 3.05) is 0 Å². The lowest BCUT2D eigenvalue weighted by Crippen LogP contribution is -2.17. The van der Waals surface area contributed by atoms with Crippen molar-refractivity contribution in [1.29, 1.82) is 0 Å². The summed E-state index contributed by atoms with van der Waals surface area (Å²) in [6.45, 7) is 1.81. The van der Waals surface area contributed by atoms with Crippen LogP contribution in [0.15, 0.2) is 22.3 Å². The van der Waals surface area contributed by atoms with E-state index in [2.05, 4.69) is 9.98 Å². The van der Waals surface area contributed by atoms with Crippen molar-refractivity contribution in [2.45, 2.75) is 12.4 Å². The molecule has 0 fully saturated rings. The van der Waals surface area contributed by atoms with Gasteiger partial charge in [0.25, 0.3) is 0 Å². The van der Waals surface area contributed by atoms with Gasteiger partial charge in [-0.3, -0.25) is 9.98 Å². The Labute approximate surface area is 55.8 Å². The van der Waals surface area contributed by atoms with E-state index in [1.165, 1.54) is 0 Å². The van der Waals surface area contributed by atoms with Gasteiger partial charge in [0, 0.05) is 24.1 Å². The third kappa shape index (κ3) is 1.84. The third-order valence-electron chi connectivity index (χ3n) is 1.00. The number of hydrogen-bond donors (Lipinski definition) is 0. The molecule has 0 saturated heterocycles. The van der Waals surface area contributed by atoms with Gasteiger partial charge < -0.3 is 0 Å². The molecule has 0 aromatic carbocycles. The molecular formula is C6H7BN2. The van der Waals surface area contributed by atoms with Gasteiger partial charge in [0.15, 0.2) is 0 Å². The molecule has 0 spiro atoms. The lowest BCUT2D eigenvalue weighted by atomic mass is 9.80. The van der Waals surface area contributed by atoms with Gasteiger partial charge in [0.05, 0.1) is 0 Å². The van der Waals surface area contributed by atoms with Crippen LogP contribution in [0.2, 0.25) is 0 Å². The molecule has 1 rings (SSSR count). The van der Waals surface area contributed by atoms with Gasteiger partial charge >= 0.3 is 0 Å². The summed E-state index contributed by atoms with van der Waals surface area (Å²) in [6, 6.07) is 0. The van der Waals surface area contributed by atoms with Crippen molar-refractivity contribution < 1.29 is 0 Å². The maximum absolute atomic E-state index is 5.61. The molecule has 44 valence electrons. The van der Waals surface area contributed by atoms with E-state index in [4.69, 9.17) is 7.85 Å². The largest absolute Gasteiger partial charge is 0.291 e. The van der Waals surface area contributed by atoms with Crippen LogP contribution in [-0.2, 0) is 0 Å². The molecule has 1 aliphatic rings. The van der Waals surface area contributed by atoms with Gasteiger partial charge in [-0.15, -0.1) is 0 Å². The van der Waals surface area contributed by atoms with E-state index < -0.39 is 5.44 Å². The van der Waals surface area contributed by atoms with Gasteiger partial charge in [-0.05, 0) is 13.0 Å². The van der Waals surface area contributed by atoms with Crippen LogP contribution in [0.4, 0.5) is 0 Å². The molecule has 0 bridgehead atoms. The Hall–Kier alpha value is -0.855. The Morgan fingerprint density at radius 3 is 3.00 bits per heavy atom. The Morgan fingerprint density at radius 1 is 1.44 bits per heavy atom. The maximum Gasteiger partial charge on any atom is 0.112 e. The highest BCUT2D eigenvalue weighted by atomic mass is 14.8. The van der Waals surface area contributed by atoms with Crippen LogP contribution < -0.4 is 0 Å². The summed E-state index contributed by atoms with van der Waals surface area (Å²) in [7, 11) is 5.61. The molecule has 0 aromatic heterocycles. The highest BCUT2D eigenvalue weighted by molar-refractivity contribution is 6.21. The second kappa shape index (κ2) is 2.17. The highest BCUT2D eigenvalue weighted by Crippen LogP contribution is 2.06. The van der Waals surface area contributed by atoms with E-state index in [9.17, 15) is 0 Å². The Balaban J connectivity index is 2.82. The minimum atomic E-state index is -0.573. The monoisotopic (exact) mass is 118 g/mol. The van der Waals surface area contributed by atoms with E-state index in [0.29, 0.717) is 0 Å². The lowest BCUT2D eigenvalue weighted by molar-refractivity contribution is 0.838. The summed E-state index contributed by atoms with van der Waals surface area (Å²) in [5, 5.41) is 0. The molecule has 0 aliphatic carbocycles. The first-order valence-electron chi connectivity index (χ1n) is 2.74. The molecule has 0 saturated carbocycles.